The Labute approximate surface area is 181 Å². The highest BCUT2D eigenvalue weighted by Gasteiger charge is 2.21. The highest BCUT2D eigenvalue weighted by molar-refractivity contribution is 6.12. The van der Waals surface area contributed by atoms with Crippen molar-refractivity contribution in [3.8, 4) is 11.3 Å². The number of benzene rings is 3. The van der Waals surface area contributed by atoms with Crippen LogP contribution in [0.15, 0.2) is 65.1 Å². The van der Waals surface area contributed by atoms with Gasteiger partial charge in [0.1, 0.15) is 11.2 Å². The molecule has 3 aromatic carbocycles. The minimum atomic E-state index is -0.214. The average Bonchev–Trinajstić information content (AvgIpc) is 3.13. The Morgan fingerprint density at radius 1 is 0.839 bits per heavy atom. The van der Waals surface area contributed by atoms with Crippen molar-refractivity contribution >= 4 is 32.7 Å². The van der Waals surface area contributed by atoms with Crippen LogP contribution in [-0.4, -0.2) is 4.98 Å². The summed E-state index contributed by atoms with van der Waals surface area (Å²) in [5.41, 5.74) is 5.12. The molecule has 0 spiro atoms. The summed E-state index contributed by atoms with van der Waals surface area (Å²) in [5.74, 6) is 0.441. The van der Waals surface area contributed by atoms with Gasteiger partial charge in [-0.1, -0.05) is 70.2 Å². The third kappa shape index (κ3) is 3.29. The number of para-hydroxylation sites is 1. The van der Waals surface area contributed by atoms with Gasteiger partial charge in [-0.3, -0.25) is 0 Å². The quantitative estimate of drug-likeness (QED) is 0.297. The van der Waals surface area contributed by atoms with Crippen LogP contribution in [0, 0.1) is 11.7 Å². The lowest BCUT2D eigenvalue weighted by molar-refractivity contribution is 0.568. The first-order valence-corrected chi connectivity index (χ1v) is 11.0. The minimum absolute atomic E-state index is 0.214. The van der Waals surface area contributed by atoms with Crippen molar-refractivity contribution in [2.75, 3.05) is 0 Å². The smallest absolute Gasteiger partial charge is 0.152 e. The fraction of sp³-hybridized carbons (Fsp3) is 0.250. The lowest BCUT2D eigenvalue weighted by Gasteiger charge is -2.15. The van der Waals surface area contributed by atoms with E-state index in [1.54, 1.807) is 0 Å². The number of aromatic nitrogens is 1. The molecule has 2 nitrogen and oxygen atoms in total. The lowest BCUT2D eigenvalue weighted by atomic mass is 9.93. The molecule has 0 fully saturated rings. The maximum absolute atomic E-state index is 15.3. The van der Waals surface area contributed by atoms with Gasteiger partial charge in [-0.05, 0) is 42.0 Å². The molecule has 2 aromatic heterocycles. The first kappa shape index (κ1) is 19.7. The van der Waals surface area contributed by atoms with Gasteiger partial charge >= 0.3 is 0 Å². The van der Waals surface area contributed by atoms with Crippen molar-refractivity contribution in [3.05, 3.63) is 77.7 Å². The van der Waals surface area contributed by atoms with E-state index < -0.39 is 0 Å². The molecule has 0 N–H and O–H groups in total. The molecule has 0 aliphatic carbocycles. The molecule has 2 heterocycles. The van der Waals surface area contributed by atoms with E-state index in [0.29, 0.717) is 29.3 Å². The number of fused-ring (bicyclic) bond motifs is 4. The molecule has 0 saturated carbocycles. The van der Waals surface area contributed by atoms with Gasteiger partial charge in [0, 0.05) is 27.1 Å². The number of hydrogen-bond acceptors (Lipinski definition) is 2. The molecule has 0 bridgehead atoms. The van der Waals surface area contributed by atoms with Crippen LogP contribution in [-0.2, 0) is 6.42 Å². The van der Waals surface area contributed by atoms with Gasteiger partial charge in [0.25, 0.3) is 0 Å². The fourth-order valence-corrected chi connectivity index (χ4v) is 4.37. The summed E-state index contributed by atoms with van der Waals surface area (Å²) < 4.78 is 21.7. The molecular weight excluding hydrogens is 385 g/mol. The topological polar surface area (TPSA) is 26.0 Å². The summed E-state index contributed by atoms with van der Waals surface area (Å²) in [7, 11) is 0. The Morgan fingerprint density at radius 3 is 2.23 bits per heavy atom. The minimum Gasteiger partial charge on any atom is -0.455 e. The van der Waals surface area contributed by atoms with E-state index in [4.69, 9.17) is 9.40 Å². The highest BCUT2D eigenvalue weighted by Crippen LogP contribution is 2.40. The number of furan rings is 1. The van der Waals surface area contributed by atoms with Crippen LogP contribution in [0.2, 0.25) is 0 Å². The Hall–Kier alpha value is -3.20. The maximum atomic E-state index is 15.3. The molecule has 3 heteroatoms. The van der Waals surface area contributed by atoms with Crippen LogP contribution in [0.3, 0.4) is 0 Å². The van der Waals surface area contributed by atoms with E-state index >= 15 is 4.39 Å². The summed E-state index contributed by atoms with van der Waals surface area (Å²) in [6.45, 7) is 8.56. The van der Waals surface area contributed by atoms with Crippen molar-refractivity contribution in [2.45, 2.75) is 40.0 Å². The third-order valence-electron chi connectivity index (χ3n) is 5.94. The Balaban J connectivity index is 1.92. The van der Waals surface area contributed by atoms with Crippen molar-refractivity contribution in [2.24, 2.45) is 5.92 Å². The molecule has 5 aromatic rings. The number of nitrogens with zero attached hydrogens (tertiary/aromatic N) is 1. The van der Waals surface area contributed by atoms with E-state index in [9.17, 15) is 0 Å². The third-order valence-corrected chi connectivity index (χ3v) is 5.94. The van der Waals surface area contributed by atoms with Crippen LogP contribution < -0.4 is 0 Å². The van der Waals surface area contributed by atoms with Crippen molar-refractivity contribution in [1.29, 1.82) is 0 Å². The zero-order valence-corrected chi connectivity index (χ0v) is 18.4. The first-order valence-electron chi connectivity index (χ1n) is 11.0. The monoisotopic (exact) mass is 411 g/mol. The number of hydrogen-bond donors (Lipinski definition) is 0. The van der Waals surface area contributed by atoms with Crippen LogP contribution >= 0.6 is 0 Å². The summed E-state index contributed by atoms with van der Waals surface area (Å²) in [6.07, 6.45) is 0.594. The van der Waals surface area contributed by atoms with Crippen LogP contribution in [0.1, 0.15) is 44.9 Å². The largest absolute Gasteiger partial charge is 0.455 e. The van der Waals surface area contributed by atoms with Crippen LogP contribution in [0.25, 0.3) is 44.0 Å². The van der Waals surface area contributed by atoms with Gasteiger partial charge < -0.3 is 4.42 Å². The zero-order valence-electron chi connectivity index (χ0n) is 18.4. The molecule has 0 unspecified atom stereocenters. The molecule has 0 atom stereocenters. The normalized spacial score (nSPS) is 12.1. The van der Waals surface area contributed by atoms with Gasteiger partial charge in [-0.2, -0.15) is 0 Å². The van der Waals surface area contributed by atoms with E-state index in [-0.39, 0.29) is 5.82 Å². The lowest BCUT2D eigenvalue weighted by Crippen LogP contribution is -2.04. The molecule has 0 aliphatic rings. The SMILES string of the molecule is CC(C)Cc1nc(-c2cc(C(C)C)cc3c2oc2ccccc23)c2ccccc2c1F. The molecule has 0 saturated heterocycles. The summed E-state index contributed by atoms with van der Waals surface area (Å²) in [4.78, 5) is 4.90. The van der Waals surface area contributed by atoms with Crippen molar-refractivity contribution in [3.63, 3.8) is 0 Å². The van der Waals surface area contributed by atoms with Crippen molar-refractivity contribution < 1.29 is 8.81 Å². The van der Waals surface area contributed by atoms with E-state index in [0.717, 1.165) is 38.6 Å². The van der Waals surface area contributed by atoms with E-state index in [1.165, 1.54) is 5.56 Å². The molecular formula is C28H26FNO. The zero-order chi connectivity index (χ0) is 21.7. The predicted molar refractivity (Wildman–Crippen MR) is 127 cm³/mol. The number of rotatable bonds is 4. The summed E-state index contributed by atoms with van der Waals surface area (Å²) >= 11 is 0. The number of halogens is 1. The Morgan fingerprint density at radius 2 is 1.52 bits per heavy atom. The second kappa shape index (κ2) is 7.49. The standard InChI is InChI=1S/C28H26FNO/c1-16(2)13-24-26(29)20-10-5-6-11-21(20)27(30-24)23-15-18(17(3)4)14-22-19-9-7-8-12-25(19)31-28(22)23/h5-12,14-17H,13H2,1-4H3. The first-order chi connectivity index (χ1) is 14.9. The highest BCUT2D eigenvalue weighted by atomic mass is 19.1. The second-order valence-corrected chi connectivity index (χ2v) is 9.06. The second-order valence-electron chi connectivity index (χ2n) is 9.06. The molecule has 31 heavy (non-hydrogen) atoms. The van der Waals surface area contributed by atoms with Crippen LogP contribution in [0.4, 0.5) is 4.39 Å². The number of pyridine rings is 1. The Bertz CT molecular complexity index is 1430. The Kier molecular flexibility index (Phi) is 4.77. The molecule has 156 valence electrons. The fourth-order valence-electron chi connectivity index (χ4n) is 4.37. The van der Waals surface area contributed by atoms with E-state index in [2.05, 4.69) is 45.9 Å². The van der Waals surface area contributed by atoms with Gasteiger partial charge in [-0.15, -0.1) is 0 Å². The van der Waals surface area contributed by atoms with Gasteiger partial charge in [0.15, 0.2) is 5.82 Å². The van der Waals surface area contributed by atoms with Crippen molar-refractivity contribution in [1.82, 2.24) is 4.98 Å². The summed E-state index contributed by atoms with van der Waals surface area (Å²) in [5, 5.41) is 3.60. The van der Waals surface area contributed by atoms with Gasteiger partial charge in [0.05, 0.1) is 11.4 Å². The van der Waals surface area contributed by atoms with Gasteiger partial charge in [0.2, 0.25) is 0 Å². The molecule has 0 aliphatic heterocycles. The average molecular weight is 412 g/mol. The predicted octanol–water partition coefficient (Wildman–Crippen LogP) is 8.26. The van der Waals surface area contributed by atoms with Gasteiger partial charge in [-0.25, -0.2) is 9.37 Å². The molecule has 5 rings (SSSR count). The van der Waals surface area contributed by atoms with Crippen LogP contribution in [0.5, 0.6) is 0 Å². The molecule has 0 amide bonds. The summed E-state index contributed by atoms with van der Waals surface area (Å²) in [6, 6.07) is 20.1. The molecule has 0 radical (unpaired) electrons. The van der Waals surface area contributed by atoms with E-state index in [1.807, 2.05) is 42.5 Å². The maximum Gasteiger partial charge on any atom is 0.152 e.